The highest BCUT2D eigenvalue weighted by atomic mass is 16.5. The SMILES string of the molecule is C[C@@H](C(=O)OCC(=O)N1c2ccccc2CCc2ccccc21)N1C(=O)[C@H]2CCCC[C@H]2C1=O. The number of esters is 1. The molecule has 7 heteroatoms. The van der Waals surface area contributed by atoms with Crippen LogP contribution in [0.4, 0.5) is 11.4 Å². The molecular formula is C27H28N2O5. The van der Waals surface area contributed by atoms with Crippen molar-refractivity contribution in [3.63, 3.8) is 0 Å². The van der Waals surface area contributed by atoms with Crippen LogP contribution in [-0.2, 0) is 36.8 Å². The number of hydrogen-bond acceptors (Lipinski definition) is 5. The number of likely N-dealkylation sites (tertiary alicyclic amines) is 1. The van der Waals surface area contributed by atoms with Gasteiger partial charge in [-0.2, -0.15) is 0 Å². The Hall–Kier alpha value is -3.48. The number of anilines is 2. The maximum absolute atomic E-state index is 13.4. The Kier molecular flexibility index (Phi) is 5.94. The molecule has 0 radical (unpaired) electrons. The van der Waals surface area contributed by atoms with E-state index in [1.54, 1.807) is 4.90 Å². The van der Waals surface area contributed by atoms with Crippen LogP contribution in [0.15, 0.2) is 48.5 Å². The van der Waals surface area contributed by atoms with Crippen molar-refractivity contribution in [2.45, 2.75) is 51.5 Å². The number of benzene rings is 2. The Bertz CT molecular complexity index is 1090. The average Bonchev–Trinajstić information content (AvgIpc) is 3.01. The van der Waals surface area contributed by atoms with Crippen molar-refractivity contribution in [1.29, 1.82) is 0 Å². The molecule has 0 bridgehead atoms. The summed E-state index contributed by atoms with van der Waals surface area (Å²) < 4.78 is 5.38. The Morgan fingerprint density at radius 2 is 1.38 bits per heavy atom. The van der Waals surface area contributed by atoms with E-state index < -0.39 is 18.6 Å². The molecule has 1 saturated carbocycles. The van der Waals surface area contributed by atoms with E-state index in [2.05, 4.69) is 0 Å². The van der Waals surface area contributed by atoms with Crippen molar-refractivity contribution < 1.29 is 23.9 Å². The minimum absolute atomic E-state index is 0.291. The molecule has 0 aromatic heterocycles. The van der Waals surface area contributed by atoms with E-state index in [1.807, 2.05) is 48.5 Å². The minimum atomic E-state index is -1.05. The standard InChI is InChI=1S/C27H28N2O5/c1-17(28-25(31)20-10-4-5-11-21(20)26(28)32)27(33)34-16-24(30)29-22-12-6-2-8-18(22)14-15-19-9-3-7-13-23(19)29/h2-3,6-9,12-13,17,20-21H,4-5,10-11,14-16H2,1H3/t17-,20-,21+/m0/s1. The van der Waals surface area contributed by atoms with E-state index in [1.165, 1.54) is 6.92 Å². The van der Waals surface area contributed by atoms with Crippen LogP contribution in [0.1, 0.15) is 43.7 Å². The number of nitrogens with zero attached hydrogens (tertiary/aromatic N) is 2. The normalized spacial score (nSPS) is 22.4. The van der Waals surface area contributed by atoms with Gasteiger partial charge in [0.25, 0.3) is 5.91 Å². The molecular weight excluding hydrogens is 432 g/mol. The second-order valence-corrected chi connectivity index (χ2v) is 9.31. The average molecular weight is 461 g/mol. The van der Waals surface area contributed by atoms with E-state index >= 15 is 0 Å². The zero-order chi connectivity index (χ0) is 23.8. The molecule has 2 aliphatic heterocycles. The van der Waals surface area contributed by atoms with Crippen LogP contribution in [0.25, 0.3) is 0 Å². The van der Waals surface area contributed by atoms with E-state index in [0.29, 0.717) is 12.8 Å². The number of para-hydroxylation sites is 2. The number of aryl methyl sites for hydroxylation is 2. The van der Waals surface area contributed by atoms with Gasteiger partial charge in [0.05, 0.1) is 23.2 Å². The van der Waals surface area contributed by atoms with Gasteiger partial charge in [0, 0.05) is 0 Å². The molecule has 1 aliphatic carbocycles. The number of hydrogen-bond donors (Lipinski definition) is 0. The van der Waals surface area contributed by atoms with Crippen molar-refractivity contribution in [3.05, 3.63) is 59.7 Å². The van der Waals surface area contributed by atoms with Crippen molar-refractivity contribution in [2.24, 2.45) is 11.8 Å². The highest BCUT2D eigenvalue weighted by Crippen LogP contribution is 2.39. The minimum Gasteiger partial charge on any atom is -0.454 e. The molecule has 1 saturated heterocycles. The summed E-state index contributed by atoms with van der Waals surface area (Å²) in [6.07, 6.45) is 4.80. The maximum Gasteiger partial charge on any atom is 0.329 e. The van der Waals surface area contributed by atoms with Gasteiger partial charge in [-0.15, -0.1) is 0 Å². The predicted molar refractivity (Wildman–Crippen MR) is 125 cm³/mol. The molecule has 3 atom stereocenters. The van der Waals surface area contributed by atoms with Gasteiger partial charge in [-0.05, 0) is 55.9 Å². The van der Waals surface area contributed by atoms with Gasteiger partial charge in [-0.1, -0.05) is 49.2 Å². The molecule has 176 valence electrons. The molecule has 2 aromatic carbocycles. The van der Waals surface area contributed by atoms with Crippen molar-refractivity contribution in [3.8, 4) is 0 Å². The largest absolute Gasteiger partial charge is 0.454 e. The molecule has 0 N–H and O–H groups in total. The fraction of sp³-hybridized carbons (Fsp3) is 0.407. The first-order valence-corrected chi connectivity index (χ1v) is 12.0. The number of amides is 3. The van der Waals surface area contributed by atoms with Gasteiger partial charge < -0.3 is 4.74 Å². The van der Waals surface area contributed by atoms with Crippen LogP contribution in [0.5, 0.6) is 0 Å². The topological polar surface area (TPSA) is 84.0 Å². The first-order chi connectivity index (χ1) is 16.5. The zero-order valence-electron chi connectivity index (χ0n) is 19.2. The highest BCUT2D eigenvalue weighted by Gasteiger charge is 2.51. The molecule has 3 amide bonds. The van der Waals surface area contributed by atoms with Crippen molar-refractivity contribution >= 4 is 35.1 Å². The predicted octanol–water partition coefficient (Wildman–Crippen LogP) is 3.56. The first kappa shape index (κ1) is 22.3. The highest BCUT2D eigenvalue weighted by molar-refractivity contribution is 6.08. The summed E-state index contributed by atoms with van der Waals surface area (Å²) in [5, 5.41) is 0. The monoisotopic (exact) mass is 460 g/mol. The number of rotatable bonds is 4. The summed E-state index contributed by atoms with van der Waals surface area (Å²) in [5.74, 6) is -2.37. The lowest BCUT2D eigenvalue weighted by Gasteiger charge is -2.26. The van der Waals surface area contributed by atoms with E-state index in [-0.39, 0.29) is 29.6 Å². The first-order valence-electron chi connectivity index (χ1n) is 12.0. The molecule has 2 heterocycles. The molecule has 2 aromatic rings. The summed E-state index contributed by atoms with van der Waals surface area (Å²) in [5.41, 5.74) is 3.64. The lowest BCUT2D eigenvalue weighted by Crippen LogP contribution is -2.45. The molecule has 5 rings (SSSR count). The van der Waals surface area contributed by atoms with Crippen LogP contribution in [0.3, 0.4) is 0 Å². The van der Waals surface area contributed by atoms with Crippen LogP contribution < -0.4 is 4.90 Å². The van der Waals surface area contributed by atoms with Gasteiger partial charge >= 0.3 is 5.97 Å². The van der Waals surface area contributed by atoms with E-state index in [9.17, 15) is 19.2 Å². The number of fused-ring (bicyclic) bond motifs is 3. The third-order valence-corrected chi connectivity index (χ3v) is 7.32. The summed E-state index contributed by atoms with van der Waals surface area (Å²) in [6, 6.07) is 14.4. The molecule has 0 unspecified atom stereocenters. The molecule has 34 heavy (non-hydrogen) atoms. The van der Waals surface area contributed by atoms with E-state index in [0.717, 1.165) is 53.1 Å². The van der Waals surface area contributed by atoms with Gasteiger partial charge in [0.15, 0.2) is 6.61 Å². The van der Waals surface area contributed by atoms with Gasteiger partial charge in [-0.3, -0.25) is 24.2 Å². The third-order valence-electron chi connectivity index (χ3n) is 7.32. The Labute approximate surface area is 198 Å². The van der Waals surface area contributed by atoms with Crippen LogP contribution >= 0.6 is 0 Å². The molecule has 7 nitrogen and oxygen atoms in total. The lowest BCUT2D eigenvalue weighted by molar-refractivity contribution is -0.159. The van der Waals surface area contributed by atoms with Crippen LogP contribution in [-0.4, -0.2) is 41.2 Å². The third kappa shape index (κ3) is 3.79. The van der Waals surface area contributed by atoms with Gasteiger partial charge in [0.1, 0.15) is 6.04 Å². The fourth-order valence-electron chi connectivity index (χ4n) is 5.54. The number of imide groups is 1. The lowest BCUT2D eigenvalue weighted by atomic mass is 9.81. The fourth-order valence-corrected chi connectivity index (χ4v) is 5.54. The second kappa shape index (κ2) is 9.05. The van der Waals surface area contributed by atoms with Gasteiger partial charge in [0.2, 0.25) is 11.8 Å². The van der Waals surface area contributed by atoms with Crippen LogP contribution in [0, 0.1) is 11.8 Å². The number of ether oxygens (including phenoxy) is 1. The van der Waals surface area contributed by atoms with Crippen LogP contribution in [0.2, 0.25) is 0 Å². The smallest absolute Gasteiger partial charge is 0.329 e. The summed E-state index contributed by atoms with van der Waals surface area (Å²) in [7, 11) is 0. The summed E-state index contributed by atoms with van der Waals surface area (Å²) in [6.45, 7) is 1.02. The Balaban J connectivity index is 1.32. The Morgan fingerprint density at radius 3 is 1.91 bits per heavy atom. The molecule has 3 aliphatic rings. The summed E-state index contributed by atoms with van der Waals surface area (Å²) in [4.78, 5) is 54.5. The van der Waals surface area contributed by atoms with Crippen molar-refractivity contribution in [1.82, 2.24) is 4.90 Å². The van der Waals surface area contributed by atoms with Crippen molar-refractivity contribution in [2.75, 3.05) is 11.5 Å². The van der Waals surface area contributed by atoms with Gasteiger partial charge in [-0.25, -0.2) is 4.79 Å². The van der Waals surface area contributed by atoms with E-state index in [4.69, 9.17) is 4.74 Å². The molecule has 0 spiro atoms. The number of carbonyl (C=O) groups is 4. The second-order valence-electron chi connectivity index (χ2n) is 9.31. The summed E-state index contributed by atoms with van der Waals surface area (Å²) >= 11 is 0. The Morgan fingerprint density at radius 1 is 0.882 bits per heavy atom. The molecule has 2 fully saturated rings. The maximum atomic E-state index is 13.4. The zero-order valence-corrected chi connectivity index (χ0v) is 19.2. The number of carbonyl (C=O) groups excluding carboxylic acids is 4. The quantitative estimate of drug-likeness (QED) is 0.515.